The van der Waals surface area contributed by atoms with E-state index in [9.17, 15) is 9.59 Å². The second kappa shape index (κ2) is 8.67. The Morgan fingerprint density at radius 2 is 1.58 bits per heavy atom. The number of nitrogens with zero attached hydrogens (tertiary/aromatic N) is 3. The van der Waals surface area contributed by atoms with E-state index < -0.39 is 11.3 Å². The molecule has 0 radical (unpaired) electrons. The average Bonchev–Trinajstić information content (AvgIpc) is 3.16. The van der Waals surface area contributed by atoms with Gasteiger partial charge >= 0.3 is 12.0 Å². The van der Waals surface area contributed by atoms with Gasteiger partial charge in [-0.05, 0) is 32.5 Å². The van der Waals surface area contributed by atoms with Gasteiger partial charge in [0.15, 0.2) is 16.4 Å². The molecule has 0 bridgehead atoms. The minimum atomic E-state index is -0.947. The highest BCUT2D eigenvalue weighted by molar-refractivity contribution is 7.80. The fourth-order valence-corrected chi connectivity index (χ4v) is 5.51. The molecule has 0 aromatic heterocycles. The number of fused-ring (bicyclic) bond motifs is 1. The third kappa shape index (κ3) is 3.35. The molecule has 2 fully saturated rings. The molecule has 4 rings (SSSR count). The minimum absolute atomic E-state index is 0.166. The number of urea groups is 1. The second-order valence-corrected chi connectivity index (χ2v) is 9.10. The highest BCUT2D eigenvalue weighted by Crippen LogP contribution is 2.56. The molecule has 2 aliphatic rings. The van der Waals surface area contributed by atoms with Crippen molar-refractivity contribution < 1.29 is 14.3 Å². The third-order valence-electron chi connectivity index (χ3n) is 6.49. The molecule has 33 heavy (non-hydrogen) atoms. The number of benzene rings is 2. The summed E-state index contributed by atoms with van der Waals surface area (Å²) in [7, 11) is 3.84. The molecule has 2 aliphatic heterocycles. The Morgan fingerprint density at radius 1 is 1.00 bits per heavy atom. The number of ether oxygens (including phenoxy) is 1. The first-order valence-corrected chi connectivity index (χ1v) is 11.6. The van der Waals surface area contributed by atoms with E-state index >= 15 is 0 Å². The highest BCUT2D eigenvalue weighted by atomic mass is 32.1. The van der Waals surface area contributed by atoms with Crippen LogP contribution < -0.4 is 5.32 Å². The average molecular weight is 467 g/mol. The van der Waals surface area contributed by atoms with Crippen LogP contribution in [-0.2, 0) is 20.9 Å². The van der Waals surface area contributed by atoms with E-state index in [1.54, 1.807) is 0 Å². The van der Waals surface area contributed by atoms with Crippen LogP contribution >= 0.6 is 12.2 Å². The maximum Gasteiger partial charge on any atom is 0.321 e. The largest absolute Gasteiger partial charge is 0.463 e. The Balaban J connectivity index is 1.84. The van der Waals surface area contributed by atoms with Gasteiger partial charge in [-0.3, -0.25) is 9.69 Å². The maximum absolute atomic E-state index is 13.6. The predicted octanol–water partition coefficient (Wildman–Crippen LogP) is 3.61. The van der Waals surface area contributed by atoms with Crippen LogP contribution in [0.25, 0.3) is 0 Å². The van der Waals surface area contributed by atoms with Gasteiger partial charge < -0.3 is 19.9 Å². The summed E-state index contributed by atoms with van der Waals surface area (Å²) in [5, 5.41) is 3.90. The summed E-state index contributed by atoms with van der Waals surface area (Å²) in [6.07, 6.45) is 0.540. The summed E-state index contributed by atoms with van der Waals surface area (Å²) < 4.78 is 5.29. The molecular weight excluding hydrogens is 436 g/mol. The van der Waals surface area contributed by atoms with Gasteiger partial charge in [0, 0.05) is 38.2 Å². The Hall–Kier alpha value is -3.13. The molecule has 1 N–H and O–H groups in total. The molecule has 0 aliphatic carbocycles. The topological polar surface area (TPSA) is 65.1 Å². The first-order valence-electron chi connectivity index (χ1n) is 11.2. The second-order valence-electron chi connectivity index (χ2n) is 8.74. The van der Waals surface area contributed by atoms with E-state index in [0.717, 1.165) is 11.1 Å². The van der Waals surface area contributed by atoms with E-state index in [4.69, 9.17) is 17.0 Å². The molecule has 2 amide bonds. The quantitative estimate of drug-likeness (QED) is 0.497. The summed E-state index contributed by atoms with van der Waals surface area (Å²) in [5.74, 6) is -0.264. The number of rotatable bonds is 7. The van der Waals surface area contributed by atoms with Gasteiger partial charge in [0.05, 0.1) is 6.10 Å². The number of carbonyl (C=O) groups excluding carboxylic acids is 2. The van der Waals surface area contributed by atoms with E-state index in [-0.39, 0.29) is 24.5 Å². The van der Waals surface area contributed by atoms with E-state index in [0.29, 0.717) is 18.1 Å². The number of nitrogens with one attached hydrogen (secondary N) is 1. The van der Waals surface area contributed by atoms with Crippen LogP contribution in [0, 0.1) is 0 Å². The van der Waals surface area contributed by atoms with Crippen molar-refractivity contribution in [3.05, 3.63) is 71.8 Å². The highest BCUT2D eigenvalue weighted by Gasteiger charge is 2.74. The molecule has 0 saturated carbocycles. The molecule has 2 heterocycles. The number of hydrogen-bond donors (Lipinski definition) is 1. The number of likely N-dealkylation sites (N-methyl/N-ethyl adjacent to an activating group) is 2. The normalized spacial score (nSPS) is 24.3. The molecule has 2 saturated heterocycles. The van der Waals surface area contributed by atoms with Crippen molar-refractivity contribution in [2.75, 3.05) is 20.6 Å². The standard InChI is InChI=1S/C25H30N4O3S/c1-18(2)32-21(30)16-11-17-29-22(31)26-24(19-12-7-5-8-13-19)25(29,20-14-9-6-10-15-20)28(4)23(33)27(24)3/h5-10,12-15,18H,11,16-17H2,1-4H3,(H,26,31). The maximum atomic E-state index is 13.6. The van der Waals surface area contributed by atoms with Crippen molar-refractivity contribution >= 4 is 29.3 Å². The van der Waals surface area contributed by atoms with Crippen molar-refractivity contribution in [2.45, 2.75) is 44.1 Å². The van der Waals surface area contributed by atoms with Crippen LogP contribution in [-0.4, -0.2) is 58.6 Å². The van der Waals surface area contributed by atoms with Crippen molar-refractivity contribution in [2.24, 2.45) is 0 Å². The summed E-state index contributed by atoms with van der Waals surface area (Å²) in [4.78, 5) is 31.5. The summed E-state index contributed by atoms with van der Waals surface area (Å²) in [5.41, 5.74) is -0.0263. The van der Waals surface area contributed by atoms with Gasteiger partial charge in [-0.15, -0.1) is 0 Å². The lowest BCUT2D eigenvalue weighted by atomic mass is 9.80. The summed E-state index contributed by atoms with van der Waals surface area (Å²) in [6.45, 7) is 4.02. The minimum Gasteiger partial charge on any atom is -0.463 e. The molecule has 2 aromatic carbocycles. The summed E-state index contributed by atoms with van der Waals surface area (Å²) in [6, 6.07) is 19.6. The number of carbonyl (C=O) groups is 2. The zero-order valence-electron chi connectivity index (χ0n) is 19.4. The molecule has 0 spiro atoms. The van der Waals surface area contributed by atoms with Crippen molar-refractivity contribution in [3.63, 3.8) is 0 Å². The van der Waals surface area contributed by atoms with Crippen LogP contribution in [0.2, 0.25) is 0 Å². The first-order chi connectivity index (χ1) is 15.8. The van der Waals surface area contributed by atoms with Gasteiger partial charge in [0.25, 0.3) is 0 Å². The van der Waals surface area contributed by atoms with E-state index in [2.05, 4.69) is 5.32 Å². The predicted molar refractivity (Wildman–Crippen MR) is 130 cm³/mol. The van der Waals surface area contributed by atoms with Crippen LogP contribution in [0.3, 0.4) is 0 Å². The Bertz CT molecular complexity index is 1050. The van der Waals surface area contributed by atoms with Gasteiger partial charge in [0.1, 0.15) is 0 Å². The van der Waals surface area contributed by atoms with Gasteiger partial charge in [-0.1, -0.05) is 60.7 Å². The number of amides is 2. The number of hydrogen-bond acceptors (Lipinski definition) is 4. The number of esters is 1. The van der Waals surface area contributed by atoms with Crippen LogP contribution in [0.15, 0.2) is 60.7 Å². The lowest BCUT2D eigenvalue weighted by molar-refractivity contribution is -0.147. The Labute approximate surface area is 200 Å². The molecule has 8 heteroatoms. The first kappa shape index (κ1) is 23.0. The van der Waals surface area contributed by atoms with Crippen molar-refractivity contribution in [3.8, 4) is 0 Å². The molecule has 7 nitrogen and oxygen atoms in total. The Kier molecular flexibility index (Phi) is 6.05. The zero-order valence-corrected chi connectivity index (χ0v) is 20.3. The fraction of sp³-hybridized carbons (Fsp3) is 0.400. The smallest absolute Gasteiger partial charge is 0.321 e. The fourth-order valence-electron chi connectivity index (χ4n) is 5.24. The lowest BCUT2D eigenvalue weighted by Gasteiger charge is -2.47. The molecule has 2 aromatic rings. The van der Waals surface area contributed by atoms with Crippen LogP contribution in [0.1, 0.15) is 37.8 Å². The van der Waals surface area contributed by atoms with Gasteiger partial charge in [-0.2, -0.15) is 0 Å². The summed E-state index contributed by atoms with van der Waals surface area (Å²) >= 11 is 5.86. The third-order valence-corrected chi connectivity index (χ3v) is 7.04. The van der Waals surface area contributed by atoms with Gasteiger partial charge in [-0.25, -0.2) is 4.79 Å². The molecule has 2 unspecified atom stereocenters. The Morgan fingerprint density at radius 3 is 2.15 bits per heavy atom. The van der Waals surface area contributed by atoms with Crippen molar-refractivity contribution in [1.82, 2.24) is 20.0 Å². The molecule has 174 valence electrons. The van der Waals surface area contributed by atoms with Crippen LogP contribution in [0.4, 0.5) is 4.79 Å². The monoisotopic (exact) mass is 466 g/mol. The van der Waals surface area contributed by atoms with Gasteiger partial charge in [0.2, 0.25) is 0 Å². The van der Waals surface area contributed by atoms with E-state index in [1.807, 2.05) is 103 Å². The van der Waals surface area contributed by atoms with E-state index in [1.165, 1.54) is 0 Å². The number of thiocarbonyl (C=S) groups is 1. The molecule has 2 atom stereocenters. The van der Waals surface area contributed by atoms with Crippen molar-refractivity contribution in [1.29, 1.82) is 0 Å². The SMILES string of the molecule is CC(C)OC(=O)CCCN1C(=O)NC2(c3ccccc3)N(C)C(=S)N(C)C12c1ccccc1. The lowest BCUT2D eigenvalue weighted by Crippen LogP contribution is -2.62. The van der Waals surface area contributed by atoms with Crippen LogP contribution in [0.5, 0.6) is 0 Å². The molecular formula is C25H30N4O3S. The zero-order chi connectivity index (χ0) is 23.8.